The van der Waals surface area contributed by atoms with Crippen molar-refractivity contribution >= 4 is 51.9 Å². The van der Waals surface area contributed by atoms with E-state index in [4.69, 9.17) is 17.3 Å². The minimum Gasteiger partial charge on any atom is -0.481 e. The highest BCUT2D eigenvalue weighted by atomic mass is 32.2. The van der Waals surface area contributed by atoms with E-state index in [1.807, 2.05) is 18.2 Å². The molecule has 0 atom stereocenters. The van der Waals surface area contributed by atoms with Gasteiger partial charge in [0.05, 0.1) is 11.3 Å². The lowest BCUT2D eigenvalue weighted by Gasteiger charge is -2.33. The van der Waals surface area contributed by atoms with Crippen LogP contribution in [0.15, 0.2) is 29.2 Å². The summed E-state index contributed by atoms with van der Waals surface area (Å²) in [5.74, 6) is -0.277. The Balaban J connectivity index is 1.59. The highest BCUT2D eigenvalue weighted by molar-refractivity contribution is 8.26. The van der Waals surface area contributed by atoms with E-state index in [-0.39, 0.29) is 18.9 Å². The van der Waals surface area contributed by atoms with Crippen molar-refractivity contribution in [1.29, 1.82) is 0 Å². The Morgan fingerprint density at radius 1 is 1.28 bits per heavy atom. The van der Waals surface area contributed by atoms with E-state index < -0.39 is 5.97 Å². The molecule has 0 saturated carbocycles. The highest BCUT2D eigenvalue weighted by Crippen LogP contribution is 2.33. The maximum absolute atomic E-state index is 12.5. The van der Waals surface area contributed by atoms with Crippen LogP contribution in [0.5, 0.6) is 0 Å². The lowest BCUT2D eigenvalue weighted by atomic mass is 9.91. The number of anilines is 1. The van der Waals surface area contributed by atoms with E-state index in [9.17, 15) is 9.59 Å². The molecule has 2 aliphatic rings. The number of carbonyl (C=O) groups is 2. The Morgan fingerprint density at radius 3 is 2.59 bits per heavy atom. The van der Waals surface area contributed by atoms with Gasteiger partial charge in [0.25, 0.3) is 5.91 Å². The second-order valence-corrected chi connectivity index (χ2v) is 9.32. The van der Waals surface area contributed by atoms with E-state index >= 15 is 0 Å². The molecule has 2 saturated heterocycles. The molecular weight excluding hydrogens is 404 g/mol. The zero-order valence-electron chi connectivity index (χ0n) is 16.8. The van der Waals surface area contributed by atoms with E-state index in [2.05, 4.69) is 24.0 Å². The molecule has 1 aromatic rings. The average Bonchev–Trinajstić information content (AvgIpc) is 2.98. The van der Waals surface area contributed by atoms with Crippen molar-refractivity contribution in [1.82, 2.24) is 4.90 Å². The number of unbranched alkanes of at least 4 members (excludes halogenated alkanes) is 1. The van der Waals surface area contributed by atoms with Gasteiger partial charge in [-0.1, -0.05) is 62.3 Å². The van der Waals surface area contributed by atoms with Crippen LogP contribution in [0, 0.1) is 5.92 Å². The van der Waals surface area contributed by atoms with E-state index in [0.717, 1.165) is 24.6 Å². The van der Waals surface area contributed by atoms with Crippen molar-refractivity contribution in [2.24, 2.45) is 5.92 Å². The third-order valence-corrected chi connectivity index (χ3v) is 6.94. The van der Waals surface area contributed by atoms with Crippen molar-refractivity contribution in [3.63, 3.8) is 0 Å². The monoisotopic (exact) mass is 432 g/mol. The standard InChI is InChI=1S/C22H28N2O3S2/c1-2-3-4-16-9-12-23(13-10-16)18-7-5-17(6-8-18)15-19-21(27)24(22(28)29-19)14-11-20(25)26/h5-8,15-16H,2-4,9-14H2,1H3,(H,25,26). The van der Waals surface area contributed by atoms with Crippen LogP contribution in [0.2, 0.25) is 0 Å². The van der Waals surface area contributed by atoms with Crippen molar-refractivity contribution < 1.29 is 14.7 Å². The first-order chi connectivity index (χ1) is 14.0. The molecule has 5 nitrogen and oxygen atoms in total. The number of benzene rings is 1. The normalized spacial score (nSPS) is 19.4. The number of amides is 1. The minimum absolute atomic E-state index is 0.108. The summed E-state index contributed by atoms with van der Waals surface area (Å²) >= 11 is 6.47. The second-order valence-electron chi connectivity index (χ2n) is 7.64. The van der Waals surface area contributed by atoms with Crippen LogP contribution in [0.3, 0.4) is 0 Å². The summed E-state index contributed by atoms with van der Waals surface area (Å²) in [6.45, 7) is 4.58. The highest BCUT2D eigenvalue weighted by Gasteiger charge is 2.32. The largest absolute Gasteiger partial charge is 0.481 e. The zero-order valence-corrected chi connectivity index (χ0v) is 18.4. The van der Waals surface area contributed by atoms with Gasteiger partial charge in [0.2, 0.25) is 0 Å². The number of thioether (sulfide) groups is 1. The van der Waals surface area contributed by atoms with Crippen molar-refractivity contribution in [3.05, 3.63) is 34.7 Å². The van der Waals surface area contributed by atoms with Crippen molar-refractivity contribution in [2.75, 3.05) is 24.5 Å². The molecule has 7 heteroatoms. The fourth-order valence-electron chi connectivity index (χ4n) is 3.81. The number of thiocarbonyl (C=S) groups is 1. The smallest absolute Gasteiger partial charge is 0.305 e. The number of aliphatic carboxylic acids is 1. The molecule has 0 bridgehead atoms. The molecule has 156 valence electrons. The summed E-state index contributed by atoms with van der Waals surface area (Å²) in [6, 6.07) is 8.29. The summed E-state index contributed by atoms with van der Waals surface area (Å²) in [4.78, 5) is 27.6. The molecule has 0 unspecified atom stereocenters. The van der Waals surface area contributed by atoms with E-state index in [1.165, 1.54) is 54.5 Å². The fraction of sp³-hybridized carbons (Fsp3) is 0.500. The van der Waals surface area contributed by atoms with Crippen LogP contribution < -0.4 is 4.90 Å². The number of nitrogens with zero attached hydrogens (tertiary/aromatic N) is 2. The van der Waals surface area contributed by atoms with Gasteiger partial charge < -0.3 is 10.0 Å². The van der Waals surface area contributed by atoms with E-state index in [0.29, 0.717) is 9.23 Å². The first-order valence-electron chi connectivity index (χ1n) is 10.3. The first kappa shape index (κ1) is 21.8. The number of carboxylic acids is 1. The number of hydrogen-bond donors (Lipinski definition) is 1. The van der Waals surface area contributed by atoms with Gasteiger partial charge in [0, 0.05) is 25.3 Å². The molecule has 0 aromatic heterocycles. The molecule has 0 spiro atoms. The lowest BCUT2D eigenvalue weighted by Crippen LogP contribution is -2.33. The first-order valence-corrected chi connectivity index (χ1v) is 11.5. The van der Waals surface area contributed by atoms with Crippen molar-refractivity contribution in [2.45, 2.75) is 45.4 Å². The second kappa shape index (κ2) is 10.3. The van der Waals surface area contributed by atoms with Crippen molar-refractivity contribution in [3.8, 4) is 0 Å². The lowest BCUT2D eigenvalue weighted by molar-refractivity contribution is -0.137. The van der Waals surface area contributed by atoms with Gasteiger partial charge in [-0.25, -0.2) is 0 Å². The predicted octanol–water partition coefficient (Wildman–Crippen LogP) is 4.77. The molecule has 29 heavy (non-hydrogen) atoms. The Hall–Kier alpha value is -1.86. The Labute approximate surface area is 182 Å². The summed E-state index contributed by atoms with van der Waals surface area (Å²) in [5, 5.41) is 8.83. The average molecular weight is 433 g/mol. The number of piperidine rings is 1. The molecule has 2 fully saturated rings. The van der Waals surface area contributed by atoms with E-state index in [1.54, 1.807) is 0 Å². The number of rotatable bonds is 8. The van der Waals surface area contributed by atoms with Gasteiger partial charge >= 0.3 is 5.97 Å². The predicted molar refractivity (Wildman–Crippen MR) is 123 cm³/mol. The fourth-order valence-corrected chi connectivity index (χ4v) is 5.11. The summed E-state index contributed by atoms with van der Waals surface area (Å²) in [5.41, 5.74) is 2.18. The third kappa shape index (κ3) is 5.82. The molecule has 0 radical (unpaired) electrons. The molecule has 2 heterocycles. The van der Waals surface area contributed by atoms with Gasteiger partial charge in [-0.15, -0.1) is 0 Å². The third-order valence-electron chi connectivity index (χ3n) is 5.56. The number of carbonyl (C=O) groups excluding carboxylic acids is 1. The molecule has 0 aliphatic carbocycles. The Bertz CT molecular complexity index is 784. The zero-order chi connectivity index (χ0) is 20.8. The number of hydrogen-bond acceptors (Lipinski definition) is 5. The SMILES string of the molecule is CCCCC1CCN(c2ccc(C=C3SC(=S)N(CCC(=O)O)C3=O)cc2)CC1. The molecule has 1 N–H and O–H groups in total. The molecular formula is C22H28N2O3S2. The molecule has 2 aliphatic heterocycles. The topological polar surface area (TPSA) is 60.9 Å². The van der Waals surface area contributed by atoms with Crippen LogP contribution >= 0.6 is 24.0 Å². The van der Waals surface area contributed by atoms with Crippen LogP contribution in [-0.4, -0.2) is 45.8 Å². The Kier molecular flexibility index (Phi) is 7.72. The van der Waals surface area contributed by atoms with Crippen LogP contribution in [0.4, 0.5) is 5.69 Å². The minimum atomic E-state index is -0.937. The van der Waals surface area contributed by atoms with Gasteiger partial charge in [-0.3, -0.25) is 14.5 Å². The summed E-state index contributed by atoms with van der Waals surface area (Å²) in [6.07, 6.45) is 8.22. The molecule has 1 aromatic carbocycles. The summed E-state index contributed by atoms with van der Waals surface area (Å²) < 4.78 is 0.421. The van der Waals surface area contributed by atoms with Gasteiger partial charge in [0.15, 0.2) is 0 Å². The summed E-state index contributed by atoms with van der Waals surface area (Å²) in [7, 11) is 0. The van der Waals surface area contributed by atoms with Crippen LogP contribution in [-0.2, 0) is 9.59 Å². The maximum Gasteiger partial charge on any atom is 0.305 e. The quantitative estimate of drug-likeness (QED) is 0.472. The maximum atomic E-state index is 12.5. The van der Waals surface area contributed by atoms with Crippen LogP contribution in [0.1, 0.15) is 51.0 Å². The molecule has 3 rings (SSSR count). The van der Waals surface area contributed by atoms with Gasteiger partial charge in [0.1, 0.15) is 4.32 Å². The molecule has 1 amide bonds. The van der Waals surface area contributed by atoms with Gasteiger partial charge in [-0.2, -0.15) is 0 Å². The van der Waals surface area contributed by atoms with Crippen LogP contribution in [0.25, 0.3) is 6.08 Å². The number of carboxylic acid groups (broad SMARTS) is 1. The Morgan fingerprint density at radius 2 is 1.97 bits per heavy atom. The van der Waals surface area contributed by atoms with Gasteiger partial charge in [-0.05, 0) is 42.5 Å².